The standard InChI is InChI=1S/C18H31N3.C4H8O2.2C2H6/c1-17-7-9-18(10-8-17)21-15-13-20(14-16-21)12-6-4-3-5-11-19-2;1-2-6-4-3-5;2*1-2/h7-10,19H,3-6,11-16H2,1-2H3;3H,2,4H2,1H3;2*1-2H3. The van der Waals surface area contributed by atoms with Gasteiger partial charge in [0.25, 0.3) is 0 Å². The minimum Gasteiger partial charge on any atom is -0.374 e. The van der Waals surface area contributed by atoms with Crippen LogP contribution in [-0.2, 0) is 9.53 Å². The molecule has 1 aromatic carbocycles. The molecule has 2 rings (SSSR count). The van der Waals surface area contributed by atoms with Crippen molar-refractivity contribution in [2.45, 2.75) is 67.2 Å². The van der Waals surface area contributed by atoms with Crippen molar-refractivity contribution in [3.63, 3.8) is 0 Å². The molecule has 1 N–H and O–H groups in total. The molecular formula is C26H51N3O2. The number of anilines is 1. The number of nitrogens with one attached hydrogen (secondary N) is 1. The molecule has 1 aromatic rings. The van der Waals surface area contributed by atoms with Gasteiger partial charge in [-0.05, 0) is 59.0 Å². The molecule has 5 nitrogen and oxygen atoms in total. The van der Waals surface area contributed by atoms with Gasteiger partial charge in [-0.2, -0.15) is 0 Å². The molecule has 31 heavy (non-hydrogen) atoms. The number of aldehydes is 1. The van der Waals surface area contributed by atoms with E-state index in [0.29, 0.717) is 6.61 Å². The Hall–Kier alpha value is -1.43. The number of nitrogens with zero attached hydrogens (tertiary/aromatic N) is 2. The number of aryl methyl sites for hydroxylation is 1. The number of hydrogen-bond acceptors (Lipinski definition) is 5. The van der Waals surface area contributed by atoms with Gasteiger partial charge in [-0.3, -0.25) is 4.90 Å². The summed E-state index contributed by atoms with van der Waals surface area (Å²) in [5.41, 5.74) is 2.72. The maximum absolute atomic E-state index is 9.44. The molecule has 1 heterocycles. The van der Waals surface area contributed by atoms with Gasteiger partial charge in [-0.25, -0.2) is 0 Å². The molecule has 5 heteroatoms. The van der Waals surface area contributed by atoms with Crippen molar-refractivity contribution < 1.29 is 9.53 Å². The predicted molar refractivity (Wildman–Crippen MR) is 137 cm³/mol. The van der Waals surface area contributed by atoms with Gasteiger partial charge < -0.3 is 19.7 Å². The molecule has 1 aliphatic rings. The molecule has 0 amide bonds. The highest BCUT2D eigenvalue weighted by atomic mass is 16.5. The zero-order chi connectivity index (χ0) is 23.7. The summed E-state index contributed by atoms with van der Waals surface area (Å²) in [7, 11) is 2.04. The van der Waals surface area contributed by atoms with Crippen LogP contribution in [0.1, 0.15) is 65.9 Å². The second-order valence-electron chi connectivity index (χ2n) is 7.01. The normalized spacial score (nSPS) is 13.1. The predicted octanol–water partition coefficient (Wildman–Crippen LogP) is 5.17. The van der Waals surface area contributed by atoms with Gasteiger partial charge in [-0.15, -0.1) is 0 Å². The summed E-state index contributed by atoms with van der Waals surface area (Å²) in [6.45, 7) is 20.1. The van der Waals surface area contributed by atoms with E-state index in [-0.39, 0.29) is 6.61 Å². The number of carbonyl (C=O) groups is 1. The van der Waals surface area contributed by atoms with E-state index in [1.54, 1.807) is 0 Å². The highest BCUT2D eigenvalue weighted by Gasteiger charge is 2.16. The number of benzene rings is 1. The summed E-state index contributed by atoms with van der Waals surface area (Å²) < 4.78 is 4.61. The molecule has 1 aliphatic heterocycles. The van der Waals surface area contributed by atoms with Gasteiger partial charge in [0.1, 0.15) is 12.9 Å². The summed E-state index contributed by atoms with van der Waals surface area (Å²) in [6, 6.07) is 8.94. The first-order chi connectivity index (χ1) is 15.2. The maximum atomic E-state index is 9.44. The fraction of sp³-hybridized carbons (Fsp3) is 0.731. The van der Waals surface area contributed by atoms with Crippen LogP contribution in [-0.4, -0.2) is 70.7 Å². The number of carbonyl (C=O) groups excluding carboxylic acids is 1. The highest BCUT2D eigenvalue weighted by molar-refractivity contribution is 5.50. The van der Waals surface area contributed by atoms with Crippen molar-refractivity contribution in [1.82, 2.24) is 10.2 Å². The second kappa shape index (κ2) is 24.8. The molecule has 0 radical (unpaired) electrons. The summed E-state index contributed by atoms with van der Waals surface area (Å²) in [4.78, 5) is 14.6. The fourth-order valence-corrected chi connectivity index (χ4v) is 3.14. The summed E-state index contributed by atoms with van der Waals surface area (Å²) >= 11 is 0. The Morgan fingerprint density at radius 3 is 2.00 bits per heavy atom. The first-order valence-electron chi connectivity index (χ1n) is 12.4. The van der Waals surface area contributed by atoms with Crippen molar-refractivity contribution >= 4 is 12.0 Å². The Morgan fingerprint density at radius 1 is 0.935 bits per heavy atom. The largest absolute Gasteiger partial charge is 0.374 e. The average molecular weight is 438 g/mol. The van der Waals surface area contributed by atoms with E-state index in [1.165, 1.54) is 69.7 Å². The second-order valence-corrected chi connectivity index (χ2v) is 7.01. The first-order valence-corrected chi connectivity index (χ1v) is 12.4. The number of hydrogen-bond donors (Lipinski definition) is 1. The van der Waals surface area contributed by atoms with E-state index in [2.05, 4.69) is 51.0 Å². The lowest BCUT2D eigenvalue weighted by molar-refractivity contribution is -0.111. The average Bonchev–Trinajstić information content (AvgIpc) is 2.84. The Balaban J connectivity index is 0. The number of rotatable bonds is 11. The van der Waals surface area contributed by atoms with Crippen LogP contribution in [0.15, 0.2) is 24.3 Å². The smallest absolute Gasteiger partial charge is 0.145 e. The van der Waals surface area contributed by atoms with E-state index >= 15 is 0 Å². The summed E-state index contributed by atoms with van der Waals surface area (Å²) in [5.74, 6) is 0. The molecular weight excluding hydrogens is 386 g/mol. The van der Waals surface area contributed by atoms with Crippen LogP contribution in [0.5, 0.6) is 0 Å². The van der Waals surface area contributed by atoms with Crippen LogP contribution >= 0.6 is 0 Å². The van der Waals surface area contributed by atoms with Crippen molar-refractivity contribution in [3.8, 4) is 0 Å². The molecule has 0 spiro atoms. The van der Waals surface area contributed by atoms with E-state index in [9.17, 15) is 4.79 Å². The van der Waals surface area contributed by atoms with E-state index < -0.39 is 0 Å². The summed E-state index contributed by atoms with van der Waals surface area (Å²) in [6.07, 6.45) is 6.15. The van der Waals surface area contributed by atoms with E-state index in [4.69, 9.17) is 0 Å². The minimum atomic E-state index is 0.233. The third-order valence-electron chi connectivity index (χ3n) is 4.81. The molecule has 0 aromatic heterocycles. The zero-order valence-corrected chi connectivity index (χ0v) is 21.6. The Morgan fingerprint density at radius 2 is 1.52 bits per heavy atom. The van der Waals surface area contributed by atoms with Crippen LogP contribution in [0, 0.1) is 6.92 Å². The van der Waals surface area contributed by atoms with Crippen molar-refractivity contribution in [2.75, 3.05) is 64.4 Å². The summed E-state index contributed by atoms with van der Waals surface area (Å²) in [5, 5.41) is 3.22. The van der Waals surface area contributed by atoms with Crippen LogP contribution < -0.4 is 10.2 Å². The van der Waals surface area contributed by atoms with Crippen molar-refractivity contribution in [2.24, 2.45) is 0 Å². The monoisotopic (exact) mass is 437 g/mol. The zero-order valence-electron chi connectivity index (χ0n) is 21.6. The van der Waals surface area contributed by atoms with E-state index in [0.717, 1.165) is 12.8 Å². The topological polar surface area (TPSA) is 44.8 Å². The maximum Gasteiger partial charge on any atom is 0.145 e. The quantitative estimate of drug-likeness (QED) is 0.382. The van der Waals surface area contributed by atoms with Crippen LogP contribution in [0.2, 0.25) is 0 Å². The molecule has 0 bridgehead atoms. The van der Waals surface area contributed by atoms with Gasteiger partial charge in [-0.1, -0.05) is 58.2 Å². The SMILES string of the molecule is CC.CC.CCOCC=O.CNCCCCCCN1CCN(c2ccc(C)cc2)CC1. The number of piperazine rings is 1. The Bertz CT molecular complexity index is 472. The van der Waals surface area contributed by atoms with Gasteiger partial charge >= 0.3 is 0 Å². The first kappa shape index (κ1) is 31.8. The Kier molecular flexibility index (Phi) is 25.4. The molecule has 182 valence electrons. The van der Waals surface area contributed by atoms with Crippen molar-refractivity contribution in [1.29, 1.82) is 0 Å². The Labute approximate surface area is 193 Å². The van der Waals surface area contributed by atoms with Gasteiger partial charge in [0.15, 0.2) is 0 Å². The third kappa shape index (κ3) is 17.9. The number of ether oxygens (including phenoxy) is 1. The lowest BCUT2D eigenvalue weighted by Crippen LogP contribution is -2.46. The minimum absolute atomic E-state index is 0.233. The van der Waals surface area contributed by atoms with Gasteiger partial charge in [0, 0.05) is 38.5 Å². The van der Waals surface area contributed by atoms with Crippen molar-refractivity contribution in [3.05, 3.63) is 29.8 Å². The van der Waals surface area contributed by atoms with Crippen LogP contribution in [0.3, 0.4) is 0 Å². The number of unbranched alkanes of at least 4 members (excludes halogenated alkanes) is 3. The lowest BCUT2D eigenvalue weighted by Gasteiger charge is -2.36. The molecule has 0 atom stereocenters. The fourth-order valence-electron chi connectivity index (χ4n) is 3.14. The van der Waals surface area contributed by atoms with Crippen LogP contribution in [0.25, 0.3) is 0 Å². The molecule has 0 unspecified atom stereocenters. The molecule has 0 saturated carbocycles. The third-order valence-corrected chi connectivity index (χ3v) is 4.81. The molecule has 0 aliphatic carbocycles. The lowest BCUT2D eigenvalue weighted by atomic mass is 10.1. The molecule has 1 saturated heterocycles. The van der Waals surface area contributed by atoms with Gasteiger partial charge in [0.05, 0.1) is 0 Å². The van der Waals surface area contributed by atoms with E-state index in [1.807, 2.05) is 41.7 Å². The van der Waals surface area contributed by atoms with Gasteiger partial charge in [0.2, 0.25) is 0 Å². The highest BCUT2D eigenvalue weighted by Crippen LogP contribution is 2.17. The van der Waals surface area contributed by atoms with Crippen LogP contribution in [0.4, 0.5) is 5.69 Å². The molecule has 1 fully saturated rings.